The number of hydrogen-bond donors (Lipinski definition) is 0. The van der Waals surface area contributed by atoms with Gasteiger partial charge in [0.2, 0.25) is 0 Å². The second-order valence-corrected chi connectivity index (χ2v) is 5.94. The van der Waals surface area contributed by atoms with E-state index in [1.165, 1.54) is 0 Å². The summed E-state index contributed by atoms with van der Waals surface area (Å²) in [6.07, 6.45) is 1.82. The second-order valence-electron chi connectivity index (χ2n) is 5.94. The Hall–Kier alpha value is -3.02. The molecule has 0 amide bonds. The normalized spacial score (nSPS) is 12.8. The average Bonchev–Trinajstić information content (AvgIpc) is 2.95. The minimum Gasteiger partial charge on any atom is -0.308 e. The van der Waals surface area contributed by atoms with E-state index in [4.69, 9.17) is 0 Å². The summed E-state index contributed by atoms with van der Waals surface area (Å²) in [6.45, 7) is 5.67. The molecule has 0 fully saturated rings. The summed E-state index contributed by atoms with van der Waals surface area (Å²) in [7, 11) is 0. The molecule has 0 saturated carbocycles. The van der Waals surface area contributed by atoms with Crippen molar-refractivity contribution in [3.63, 3.8) is 0 Å². The number of benzene rings is 1. The molecule has 0 aliphatic heterocycles. The van der Waals surface area contributed by atoms with Crippen LogP contribution < -0.4 is 5.56 Å². The van der Waals surface area contributed by atoms with E-state index in [2.05, 4.69) is 15.1 Å². The first-order chi connectivity index (χ1) is 11.6. The van der Waals surface area contributed by atoms with Gasteiger partial charge in [-0.15, -0.1) is 5.10 Å². The Morgan fingerprint density at radius 2 is 1.79 bits per heavy atom. The first-order valence-electron chi connectivity index (χ1n) is 7.86. The summed E-state index contributed by atoms with van der Waals surface area (Å²) in [4.78, 5) is 21.8. The zero-order chi connectivity index (χ0) is 16.8. The molecule has 6 heteroatoms. The SMILES string of the molecule is Cc1nc2nc(C)c3c(=O)n(C(C)c4ccccc4)ccc3n2n1. The lowest BCUT2D eigenvalue weighted by Crippen LogP contribution is -2.25. The molecule has 24 heavy (non-hydrogen) atoms. The second kappa shape index (κ2) is 5.26. The van der Waals surface area contributed by atoms with Crippen LogP contribution in [0.15, 0.2) is 47.4 Å². The molecule has 0 saturated heterocycles. The van der Waals surface area contributed by atoms with Gasteiger partial charge in [0.15, 0.2) is 0 Å². The minimum absolute atomic E-state index is 0.0596. The molecular weight excluding hydrogens is 302 g/mol. The van der Waals surface area contributed by atoms with Gasteiger partial charge in [0.1, 0.15) is 5.82 Å². The molecule has 6 nitrogen and oxygen atoms in total. The zero-order valence-corrected chi connectivity index (χ0v) is 13.8. The monoisotopic (exact) mass is 319 g/mol. The predicted octanol–water partition coefficient (Wildman–Crippen LogP) is 2.67. The topological polar surface area (TPSA) is 65.1 Å². The van der Waals surface area contributed by atoms with E-state index in [9.17, 15) is 4.79 Å². The Morgan fingerprint density at radius 1 is 1.04 bits per heavy atom. The first kappa shape index (κ1) is 14.6. The summed E-state index contributed by atoms with van der Waals surface area (Å²) in [6, 6.07) is 11.8. The van der Waals surface area contributed by atoms with Crippen LogP contribution in [-0.4, -0.2) is 24.1 Å². The number of aryl methyl sites for hydroxylation is 2. The molecule has 0 bridgehead atoms. The van der Waals surface area contributed by atoms with Gasteiger partial charge in [0, 0.05) is 6.20 Å². The molecule has 0 radical (unpaired) electrons. The van der Waals surface area contributed by atoms with Crippen LogP contribution in [0, 0.1) is 13.8 Å². The largest absolute Gasteiger partial charge is 0.308 e. The minimum atomic E-state index is -0.0658. The number of pyridine rings is 1. The number of rotatable bonds is 2. The van der Waals surface area contributed by atoms with Crippen molar-refractivity contribution >= 4 is 16.7 Å². The van der Waals surface area contributed by atoms with Crippen molar-refractivity contribution in [1.82, 2.24) is 24.1 Å². The molecule has 0 N–H and O–H groups in total. The maximum Gasteiger partial charge on any atom is 0.262 e. The van der Waals surface area contributed by atoms with E-state index in [1.807, 2.05) is 63.4 Å². The highest BCUT2D eigenvalue weighted by atomic mass is 16.1. The molecule has 4 rings (SSSR count). The van der Waals surface area contributed by atoms with Crippen LogP contribution in [0.3, 0.4) is 0 Å². The molecule has 0 spiro atoms. The molecule has 3 aromatic heterocycles. The molecule has 1 atom stereocenters. The molecule has 120 valence electrons. The highest BCUT2D eigenvalue weighted by Gasteiger charge is 2.16. The van der Waals surface area contributed by atoms with E-state index >= 15 is 0 Å². The smallest absolute Gasteiger partial charge is 0.262 e. The van der Waals surface area contributed by atoms with Gasteiger partial charge in [0.25, 0.3) is 11.3 Å². The van der Waals surface area contributed by atoms with E-state index in [1.54, 1.807) is 9.08 Å². The quantitative estimate of drug-likeness (QED) is 0.570. The number of aromatic nitrogens is 5. The molecule has 4 aromatic rings. The van der Waals surface area contributed by atoms with Crippen molar-refractivity contribution < 1.29 is 0 Å². The van der Waals surface area contributed by atoms with Crippen molar-refractivity contribution in [3.05, 3.63) is 70.0 Å². The van der Waals surface area contributed by atoms with E-state index < -0.39 is 0 Å². The van der Waals surface area contributed by atoms with Crippen molar-refractivity contribution in [2.75, 3.05) is 0 Å². The van der Waals surface area contributed by atoms with Gasteiger partial charge in [-0.25, -0.2) is 4.98 Å². The summed E-state index contributed by atoms with van der Waals surface area (Å²) in [5.41, 5.74) is 2.43. The highest BCUT2D eigenvalue weighted by Crippen LogP contribution is 2.19. The third-order valence-corrected chi connectivity index (χ3v) is 4.35. The van der Waals surface area contributed by atoms with Gasteiger partial charge in [-0.3, -0.25) is 4.79 Å². The van der Waals surface area contributed by atoms with Crippen molar-refractivity contribution in [3.8, 4) is 0 Å². The summed E-state index contributed by atoms with van der Waals surface area (Å²) in [5, 5.41) is 4.93. The highest BCUT2D eigenvalue weighted by molar-refractivity contribution is 5.81. The zero-order valence-electron chi connectivity index (χ0n) is 13.8. The summed E-state index contributed by atoms with van der Waals surface area (Å²) >= 11 is 0. The lowest BCUT2D eigenvalue weighted by molar-refractivity contribution is 0.618. The maximum absolute atomic E-state index is 13.1. The van der Waals surface area contributed by atoms with Crippen molar-refractivity contribution in [2.24, 2.45) is 0 Å². The number of nitrogens with zero attached hydrogens (tertiary/aromatic N) is 5. The van der Waals surface area contributed by atoms with Gasteiger partial charge in [-0.05, 0) is 32.4 Å². The average molecular weight is 319 g/mol. The van der Waals surface area contributed by atoms with Gasteiger partial charge in [-0.1, -0.05) is 30.3 Å². The Bertz CT molecular complexity index is 1110. The fraction of sp³-hybridized carbons (Fsp3) is 0.222. The Balaban J connectivity index is 2.00. The lowest BCUT2D eigenvalue weighted by atomic mass is 10.1. The van der Waals surface area contributed by atoms with Gasteiger partial charge in [-0.2, -0.15) is 9.50 Å². The third-order valence-electron chi connectivity index (χ3n) is 4.35. The molecule has 1 unspecified atom stereocenters. The van der Waals surface area contributed by atoms with Crippen molar-refractivity contribution in [2.45, 2.75) is 26.8 Å². The number of hydrogen-bond acceptors (Lipinski definition) is 4. The number of fused-ring (bicyclic) bond motifs is 3. The van der Waals surface area contributed by atoms with Crippen LogP contribution in [0.2, 0.25) is 0 Å². The van der Waals surface area contributed by atoms with Crippen LogP contribution >= 0.6 is 0 Å². The van der Waals surface area contributed by atoms with Crippen molar-refractivity contribution in [1.29, 1.82) is 0 Å². The van der Waals surface area contributed by atoms with E-state index in [0.29, 0.717) is 22.7 Å². The first-order valence-corrected chi connectivity index (χ1v) is 7.86. The van der Waals surface area contributed by atoms with Crippen LogP contribution in [0.4, 0.5) is 0 Å². The van der Waals surface area contributed by atoms with E-state index in [-0.39, 0.29) is 11.6 Å². The standard InChI is InChI=1S/C18H17N5O/c1-11-16-15(23-18(19-11)20-13(3)21-23)9-10-22(17(16)24)12(2)14-7-5-4-6-8-14/h4-10,12H,1-3H3. The summed E-state index contributed by atoms with van der Waals surface area (Å²) in [5.74, 6) is 1.15. The molecular formula is C18H17N5O. The van der Waals surface area contributed by atoms with Gasteiger partial charge < -0.3 is 4.57 Å². The predicted molar refractivity (Wildman–Crippen MR) is 92.3 cm³/mol. The lowest BCUT2D eigenvalue weighted by Gasteiger charge is -2.16. The van der Waals surface area contributed by atoms with E-state index in [0.717, 1.165) is 11.1 Å². The summed E-state index contributed by atoms with van der Waals surface area (Å²) < 4.78 is 3.37. The third kappa shape index (κ3) is 2.11. The van der Waals surface area contributed by atoms with Gasteiger partial charge >= 0.3 is 0 Å². The molecule has 0 aliphatic rings. The Morgan fingerprint density at radius 3 is 2.54 bits per heavy atom. The maximum atomic E-state index is 13.1. The van der Waals surface area contributed by atoms with Crippen LogP contribution in [0.5, 0.6) is 0 Å². The fourth-order valence-corrected chi connectivity index (χ4v) is 3.10. The van der Waals surface area contributed by atoms with Crippen LogP contribution in [0.25, 0.3) is 16.7 Å². The Labute approximate surface area is 138 Å². The van der Waals surface area contributed by atoms with Gasteiger partial charge in [0.05, 0.1) is 22.6 Å². The molecule has 0 aliphatic carbocycles. The fourth-order valence-electron chi connectivity index (χ4n) is 3.10. The van der Waals surface area contributed by atoms with Crippen LogP contribution in [0.1, 0.15) is 30.0 Å². The van der Waals surface area contributed by atoms with Crippen LogP contribution in [-0.2, 0) is 0 Å². The molecule has 3 heterocycles. The molecule has 1 aromatic carbocycles. The Kier molecular flexibility index (Phi) is 3.19.